The minimum Gasteiger partial charge on any atom is -0.495 e. The van der Waals surface area contributed by atoms with Crippen LogP contribution in [0.3, 0.4) is 0 Å². The van der Waals surface area contributed by atoms with Crippen LogP contribution in [0.15, 0.2) is 53.4 Å². The van der Waals surface area contributed by atoms with Crippen LogP contribution in [0.1, 0.15) is 5.56 Å². The van der Waals surface area contributed by atoms with Crippen molar-refractivity contribution in [3.05, 3.63) is 54.1 Å². The second-order valence-electron chi connectivity index (χ2n) is 5.48. The smallest absolute Gasteiger partial charge is 0.264 e. The van der Waals surface area contributed by atoms with Gasteiger partial charge in [-0.2, -0.15) is 0 Å². The molecule has 0 aromatic heterocycles. The molecule has 122 valence electrons. The summed E-state index contributed by atoms with van der Waals surface area (Å²) in [6.45, 7) is 2.78. The van der Waals surface area contributed by atoms with Crippen LogP contribution in [-0.4, -0.2) is 34.8 Å². The van der Waals surface area contributed by atoms with Gasteiger partial charge >= 0.3 is 0 Å². The molecule has 1 atom stereocenters. The summed E-state index contributed by atoms with van der Waals surface area (Å²) >= 11 is 0. The molecule has 0 aliphatic carbocycles. The molecule has 0 bridgehead atoms. The van der Waals surface area contributed by atoms with Gasteiger partial charge in [-0.15, -0.1) is 0 Å². The highest BCUT2D eigenvalue weighted by atomic mass is 32.2. The standard InChI is InChI=1S/C17H19NO4S/c1-13-7-9-15(10-8-13)23(19,20)18(11-14-12-22-14)16-5-3-4-6-17(16)21-2/h3-10,14H,11-12H2,1-2H3/t14-/m1/s1. The van der Waals surface area contributed by atoms with Crippen LogP contribution in [0.2, 0.25) is 0 Å². The SMILES string of the molecule is COc1ccccc1N(C[C@@H]1CO1)S(=O)(=O)c1ccc(C)cc1. The molecule has 2 aromatic rings. The van der Waals surface area contributed by atoms with Gasteiger partial charge in [0.1, 0.15) is 5.75 Å². The highest BCUT2D eigenvalue weighted by Gasteiger charge is 2.34. The number of hydrogen-bond acceptors (Lipinski definition) is 4. The number of benzene rings is 2. The Morgan fingerprint density at radius 2 is 1.83 bits per heavy atom. The Balaban J connectivity index is 2.06. The van der Waals surface area contributed by atoms with E-state index >= 15 is 0 Å². The molecule has 2 aromatic carbocycles. The van der Waals surface area contributed by atoms with Gasteiger partial charge < -0.3 is 9.47 Å². The van der Waals surface area contributed by atoms with Crippen molar-refractivity contribution < 1.29 is 17.9 Å². The summed E-state index contributed by atoms with van der Waals surface area (Å²) in [6, 6.07) is 13.9. The van der Waals surface area contributed by atoms with Gasteiger partial charge in [-0.3, -0.25) is 4.31 Å². The van der Waals surface area contributed by atoms with Crippen molar-refractivity contribution in [2.24, 2.45) is 0 Å². The summed E-state index contributed by atoms with van der Waals surface area (Å²) in [6.07, 6.45) is -0.0693. The Morgan fingerprint density at radius 3 is 2.43 bits per heavy atom. The van der Waals surface area contributed by atoms with Gasteiger partial charge in [-0.25, -0.2) is 8.42 Å². The number of hydrogen-bond donors (Lipinski definition) is 0. The van der Waals surface area contributed by atoms with E-state index in [9.17, 15) is 8.42 Å². The Kier molecular flexibility index (Phi) is 4.28. The summed E-state index contributed by atoms with van der Waals surface area (Å²) in [5, 5.41) is 0. The number of rotatable bonds is 6. The first kappa shape index (κ1) is 15.8. The fraction of sp³-hybridized carbons (Fsp3) is 0.294. The normalized spacial score (nSPS) is 16.9. The molecule has 0 saturated carbocycles. The fourth-order valence-corrected chi connectivity index (χ4v) is 3.86. The zero-order chi connectivity index (χ0) is 16.4. The summed E-state index contributed by atoms with van der Waals surface area (Å²) in [5.41, 5.74) is 1.53. The average Bonchev–Trinajstić information content (AvgIpc) is 3.37. The Labute approximate surface area is 136 Å². The number of para-hydroxylation sites is 2. The Hall–Kier alpha value is -2.05. The van der Waals surface area contributed by atoms with Crippen molar-refractivity contribution in [2.45, 2.75) is 17.9 Å². The molecule has 23 heavy (non-hydrogen) atoms. The van der Waals surface area contributed by atoms with Gasteiger partial charge in [0.15, 0.2) is 0 Å². The summed E-state index contributed by atoms with van der Waals surface area (Å²) < 4.78 is 38.1. The largest absolute Gasteiger partial charge is 0.495 e. The molecule has 3 rings (SSSR count). The van der Waals surface area contributed by atoms with E-state index in [0.717, 1.165) is 5.56 Å². The minimum atomic E-state index is -3.69. The molecular formula is C17H19NO4S. The lowest BCUT2D eigenvalue weighted by molar-refractivity contribution is 0.406. The van der Waals surface area contributed by atoms with Crippen LogP contribution in [0, 0.1) is 6.92 Å². The Bertz CT molecular complexity index is 782. The Morgan fingerprint density at radius 1 is 1.17 bits per heavy atom. The molecule has 1 saturated heterocycles. The molecule has 1 heterocycles. The van der Waals surface area contributed by atoms with E-state index in [1.165, 1.54) is 11.4 Å². The predicted molar refractivity (Wildman–Crippen MR) is 88.4 cm³/mol. The minimum absolute atomic E-state index is 0.0693. The summed E-state index contributed by atoms with van der Waals surface area (Å²) in [5.74, 6) is 0.517. The molecule has 6 heteroatoms. The number of sulfonamides is 1. The first-order chi connectivity index (χ1) is 11.0. The van der Waals surface area contributed by atoms with Crippen LogP contribution in [0.5, 0.6) is 5.75 Å². The quantitative estimate of drug-likeness (QED) is 0.763. The highest BCUT2D eigenvalue weighted by molar-refractivity contribution is 7.92. The molecule has 1 aliphatic rings. The van der Waals surface area contributed by atoms with Crippen LogP contribution in [0.25, 0.3) is 0 Å². The third-order valence-corrected chi connectivity index (χ3v) is 5.53. The maximum absolute atomic E-state index is 13.1. The van der Waals surface area contributed by atoms with E-state index in [1.807, 2.05) is 13.0 Å². The van der Waals surface area contributed by atoms with E-state index in [1.54, 1.807) is 42.5 Å². The van der Waals surface area contributed by atoms with Gasteiger partial charge in [-0.1, -0.05) is 29.8 Å². The topological polar surface area (TPSA) is 59.1 Å². The van der Waals surface area contributed by atoms with Gasteiger partial charge in [0.2, 0.25) is 0 Å². The number of nitrogens with zero attached hydrogens (tertiary/aromatic N) is 1. The van der Waals surface area contributed by atoms with Gasteiger partial charge in [0.05, 0.1) is 36.9 Å². The zero-order valence-corrected chi connectivity index (χ0v) is 13.9. The van der Waals surface area contributed by atoms with E-state index in [-0.39, 0.29) is 17.5 Å². The molecule has 1 fully saturated rings. The first-order valence-electron chi connectivity index (χ1n) is 7.36. The van der Waals surface area contributed by atoms with E-state index in [4.69, 9.17) is 9.47 Å². The van der Waals surface area contributed by atoms with Gasteiger partial charge in [-0.05, 0) is 31.2 Å². The van der Waals surface area contributed by atoms with Crippen LogP contribution < -0.4 is 9.04 Å². The monoisotopic (exact) mass is 333 g/mol. The van der Waals surface area contributed by atoms with Crippen molar-refractivity contribution in [2.75, 3.05) is 24.6 Å². The molecule has 0 radical (unpaired) electrons. The van der Waals surface area contributed by atoms with Crippen LogP contribution >= 0.6 is 0 Å². The van der Waals surface area contributed by atoms with E-state index in [0.29, 0.717) is 18.0 Å². The van der Waals surface area contributed by atoms with Crippen molar-refractivity contribution >= 4 is 15.7 Å². The van der Waals surface area contributed by atoms with Crippen molar-refractivity contribution in [1.82, 2.24) is 0 Å². The van der Waals surface area contributed by atoms with Crippen LogP contribution in [-0.2, 0) is 14.8 Å². The molecule has 1 aliphatic heterocycles. The average molecular weight is 333 g/mol. The number of anilines is 1. The van der Waals surface area contributed by atoms with Gasteiger partial charge in [0.25, 0.3) is 10.0 Å². The predicted octanol–water partition coefficient (Wildman–Crippen LogP) is 2.60. The van der Waals surface area contributed by atoms with E-state index < -0.39 is 10.0 Å². The number of epoxide rings is 1. The van der Waals surface area contributed by atoms with Gasteiger partial charge in [0, 0.05) is 0 Å². The second-order valence-corrected chi connectivity index (χ2v) is 7.34. The molecular weight excluding hydrogens is 314 g/mol. The highest BCUT2D eigenvalue weighted by Crippen LogP contribution is 2.33. The summed E-state index contributed by atoms with van der Waals surface area (Å²) in [4.78, 5) is 0.259. The molecule has 5 nitrogen and oxygen atoms in total. The zero-order valence-electron chi connectivity index (χ0n) is 13.1. The maximum atomic E-state index is 13.1. The third kappa shape index (κ3) is 3.33. The summed E-state index contributed by atoms with van der Waals surface area (Å²) in [7, 11) is -2.15. The maximum Gasteiger partial charge on any atom is 0.264 e. The first-order valence-corrected chi connectivity index (χ1v) is 8.80. The van der Waals surface area contributed by atoms with Crippen molar-refractivity contribution in [1.29, 1.82) is 0 Å². The van der Waals surface area contributed by atoms with E-state index in [2.05, 4.69) is 0 Å². The number of methoxy groups -OCH3 is 1. The van der Waals surface area contributed by atoms with Crippen LogP contribution in [0.4, 0.5) is 5.69 Å². The lowest BCUT2D eigenvalue weighted by atomic mass is 10.2. The lowest BCUT2D eigenvalue weighted by Crippen LogP contribution is -2.34. The lowest BCUT2D eigenvalue weighted by Gasteiger charge is -2.25. The number of aryl methyl sites for hydroxylation is 1. The number of ether oxygens (including phenoxy) is 2. The van der Waals surface area contributed by atoms with Crippen molar-refractivity contribution in [3.63, 3.8) is 0 Å². The third-order valence-electron chi connectivity index (χ3n) is 3.73. The molecule has 0 amide bonds. The fourth-order valence-electron chi connectivity index (χ4n) is 2.36. The second kappa shape index (κ2) is 6.22. The molecule has 0 spiro atoms. The molecule has 0 unspecified atom stereocenters. The molecule has 0 N–H and O–H groups in total. The van der Waals surface area contributed by atoms with Crippen molar-refractivity contribution in [3.8, 4) is 5.75 Å².